The van der Waals surface area contributed by atoms with Gasteiger partial charge in [0.05, 0.1) is 22.7 Å². The van der Waals surface area contributed by atoms with Gasteiger partial charge in [0.1, 0.15) is 0 Å². The molecule has 0 N–H and O–H groups in total. The van der Waals surface area contributed by atoms with Gasteiger partial charge in [0, 0.05) is 5.56 Å². The number of carbonyl (C=O) groups excluding carboxylic acids is 1. The van der Waals surface area contributed by atoms with Gasteiger partial charge in [-0.25, -0.2) is 4.79 Å². The maximum Gasteiger partial charge on any atom is 0.387 e. The molecule has 0 atom stereocenters. The third-order valence-electron chi connectivity index (χ3n) is 3.60. The van der Waals surface area contributed by atoms with Gasteiger partial charge < -0.3 is 18.7 Å². The van der Waals surface area contributed by atoms with E-state index in [1.54, 1.807) is 6.07 Å². The molecule has 3 aromatic rings. The minimum atomic E-state index is -2.99. The molecule has 0 saturated heterocycles. The summed E-state index contributed by atoms with van der Waals surface area (Å²) in [6.45, 7) is -3.30. The molecule has 0 bridgehead atoms. The molecule has 152 valence electrons. The summed E-state index contributed by atoms with van der Waals surface area (Å²) in [5, 5.41) is 4.06. The molecule has 1 heterocycles. The fraction of sp³-hybridized carbons (Fsp3) is 0.167. The molecule has 0 fully saturated rings. The van der Waals surface area contributed by atoms with Crippen LogP contribution in [0.1, 0.15) is 16.2 Å². The lowest BCUT2D eigenvalue weighted by molar-refractivity contribution is -0.0512. The Morgan fingerprint density at radius 2 is 2.00 bits per heavy atom. The SMILES string of the molecule is COc1cc(-c2noc(COC(=O)c3cccc(Cl)c3Cl)n2)ccc1OC(F)F. The second kappa shape index (κ2) is 9.06. The van der Waals surface area contributed by atoms with E-state index in [-0.39, 0.29) is 45.4 Å². The Hall–Kier alpha value is -2.91. The highest BCUT2D eigenvalue weighted by Crippen LogP contribution is 2.32. The first kappa shape index (κ1) is 20.8. The lowest BCUT2D eigenvalue weighted by atomic mass is 10.2. The van der Waals surface area contributed by atoms with E-state index in [0.717, 1.165) is 0 Å². The normalized spacial score (nSPS) is 10.8. The van der Waals surface area contributed by atoms with Gasteiger partial charge in [0.2, 0.25) is 5.82 Å². The van der Waals surface area contributed by atoms with E-state index in [4.69, 9.17) is 37.2 Å². The predicted octanol–water partition coefficient (Wildman–Crippen LogP) is 5.01. The van der Waals surface area contributed by atoms with Crippen LogP contribution in [-0.2, 0) is 11.3 Å². The summed E-state index contributed by atoms with van der Waals surface area (Å²) in [5.74, 6) is -0.636. The van der Waals surface area contributed by atoms with E-state index in [1.807, 2.05) is 0 Å². The molecule has 0 spiro atoms. The number of halogens is 4. The summed E-state index contributed by atoms with van der Waals surface area (Å²) in [6.07, 6.45) is 0. The number of nitrogens with zero attached hydrogens (tertiary/aromatic N) is 2. The van der Waals surface area contributed by atoms with Crippen molar-refractivity contribution in [2.24, 2.45) is 0 Å². The van der Waals surface area contributed by atoms with Crippen LogP contribution in [0.4, 0.5) is 8.78 Å². The molecular weight excluding hydrogens is 433 g/mol. The molecule has 11 heteroatoms. The molecule has 3 rings (SSSR count). The summed E-state index contributed by atoms with van der Waals surface area (Å²) in [4.78, 5) is 16.2. The molecule has 0 saturated carbocycles. The highest BCUT2D eigenvalue weighted by atomic mass is 35.5. The van der Waals surface area contributed by atoms with Crippen molar-refractivity contribution in [3.63, 3.8) is 0 Å². The van der Waals surface area contributed by atoms with Crippen molar-refractivity contribution in [3.8, 4) is 22.9 Å². The van der Waals surface area contributed by atoms with Gasteiger partial charge in [-0.1, -0.05) is 34.4 Å². The van der Waals surface area contributed by atoms with Gasteiger partial charge in [-0.05, 0) is 30.3 Å². The van der Waals surface area contributed by atoms with Gasteiger partial charge >= 0.3 is 12.6 Å². The molecule has 2 aromatic carbocycles. The Kier molecular flexibility index (Phi) is 6.50. The van der Waals surface area contributed by atoms with Crippen molar-refractivity contribution in [2.45, 2.75) is 13.2 Å². The Balaban J connectivity index is 1.71. The maximum absolute atomic E-state index is 12.4. The molecule has 29 heavy (non-hydrogen) atoms. The number of rotatable bonds is 7. The zero-order valence-electron chi connectivity index (χ0n) is 14.7. The van der Waals surface area contributed by atoms with Gasteiger partial charge in [0.15, 0.2) is 18.1 Å². The number of carbonyl (C=O) groups is 1. The number of benzene rings is 2. The number of ether oxygens (including phenoxy) is 3. The van der Waals surface area contributed by atoms with Crippen molar-refractivity contribution < 1.29 is 32.3 Å². The van der Waals surface area contributed by atoms with Crippen LogP contribution in [0.5, 0.6) is 11.5 Å². The Labute approximate surface area is 173 Å². The fourth-order valence-corrected chi connectivity index (χ4v) is 2.67. The van der Waals surface area contributed by atoms with Gasteiger partial charge in [0.25, 0.3) is 5.89 Å². The van der Waals surface area contributed by atoms with Crippen molar-refractivity contribution in [1.29, 1.82) is 0 Å². The predicted molar refractivity (Wildman–Crippen MR) is 98.5 cm³/mol. The molecular formula is C18H12Cl2F2N2O5. The Morgan fingerprint density at radius 3 is 2.72 bits per heavy atom. The van der Waals surface area contributed by atoms with Crippen LogP contribution in [0.25, 0.3) is 11.4 Å². The molecule has 1 aromatic heterocycles. The minimum Gasteiger partial charge on any atom is -0.493 e. The average Bonchev–Trinajstić information content (AvgIpc) is 3.17. The van der Waals surface area contributed by atoms with Gasteiger partial charge in [-0.3, -0.25) is 0 Å². The monoisotopic (exact) mass is 444 g/mol. The van der Waals surface area contributed by atoms with E-state index < -0.39 is 12.6 Å². The van der Waals surface area contributed by atoms with Crippen LogP contribution >= 0.6 is 23.2 Å². The minimum absolute atomic E-state index is 0.0124. The largest absolute Gasteiger partial charge is 0.493 e. The van der Waals surface area contributed by atoms with Crippen LogP contribution in [0.3, 0.4) is 0 Å². The van der Waals surface area contributed by atoms with E-state index in [1.165, 1.54) is 37.4 Å². The maximum atomic E-state index is 12.4. The quantitative estimate of drug-likeness (QED) is 0.473. The topological polar surface area (TPSA) is 83.7 Å². The fourth-order valence-electron chi connectivity index (χ4n) is 2.30. The van der Waals surface area contributed by atoms with E-state index in [0.29, 0.717) is 5.56 Å². The summed E-state index contributed by atoms with van der Waals surface area (Å²) in [6, 6.07) is 8.71. The first-order valence-electron chi connectivity index (χ1n) is 7.96. The lowest BCUT2D eigenvalue weighted by Crippen LogP contribution is -2.06. The van der Waals surface area contributed by atoms with Crippen LogP contribution < -0.4 is 9.47 Å². The zero-order valence-corrected chi connectivity index (χ0v) is 16.2. The molecule has 0 amide bonds. The summed E-state index contributed by atoms with van der Waals surface area (Å²) in [7, 11) is 1.31. The van der Waals surface area contributed by atoms with E-state index in [9.17, 15) is 13.6 Å². The molecule has 0 aliphatic carbocycles. The number of aromatic nitrogens is 2. The summed E-state index contributed by atoms with van der Waals surface area (Å²) in [5.41, 5.74) is 0.515. The first-order chi connectivity index (χ1) is 13.9. The van der Waals surface area contributed by atoms with Crippen LogP contribution in [0, 0.1) is 0 Å². The molecule has 0 unspecified atom stereocenters. The van der Waals surface area contributed by atoms with Crippen molar-refractivity contribution >= 4 is 29.2 Å². The Bertz CT molecular complexity index is 1030. The van der Waals surface area contributed by atoms with E-state index >= 15 is 0 Å². The standard InChI is InChI=1S/C18H12Cl2F2N2O5/c1-26-13-7-9(5-6-12(13)28-18(21)22)16-23-14(29-24-16)8-27-17(25)10-3-2-4-11(19)15(10)20/h2-7,18H,8H2,1H3. The highest BCUT2D eigenvalue weighted by Gasteiger charge is 2.18. The average molecular weight is 445 g/mol. The van der Waals surface area contributed by atoms with Gasteiger partial charge in [-0.2, -0.15) is 13.8 Å². The third kappa shape index (κ3) is 4.93. The highest BCUT2D eigenvalue weighted by molar-refractivity contribution is 6.43. The second-order valence-corrected chi connectivity index (χ2v) is 6.22. The first-order valence-corrected chi connectivity index (χ1v) is 8.71. The smallest absolute Gasteiger partial charge is 0.387 e. The van der Waals surface area contributed by atoms with Crippen molar-refractivity contribution in [3.05, 3.63) is 57.9 Å². The molecule has 0 aliphatic rings. The summed E-state index contributed by atoms with van der Waals surface area (Å²) < 4.78 is 44.3. The molecule has 0 aliphatic heterocycles. The van der Waals surface area contributed by atoms with Crippen molar-refractivity contribution in [1.82, 2.24) is 10.1 Å². The van der Waals surface area contributed by atoms with Crippen molar-refractivity contribution in [2.75, 3.05) is 7.11 Å². The van der Waals surface area contributed by atoms with Crippen LogP contribution in [-0.4, -0.2) is 29.8 Å². The molecule has 7 nitrogen and oxygen atoms in total. The molecule has 0 radical (unpaired) electrons. The van der Waals surface area contributed by atoms with E-state index in [2.05, 4.69) is 14.9 Å². The lowest BCUT2D eigenvalue weighted by Gasteiger charge is -2.10. The number of methoxy groups -OCH3 is 1. The number of hydrogen-bond acceptors (Lipinski definition) is 7. The second-order valence-electron chi connectivity index (χ2n) is 5.43. The third-order valence-corrected chi connectivity index (χ3v) is 4.42. The Morgan fingerprint density at radius 1 is 1.21 bits per heavy atom. The van der Waals surface area contributed by atoms with Crippen LogP contribution in [0.15, 0.2) is 40.9 Å². The summed E-state index contributed by atoms with van der Waals surface area (Å²) >= 11 is 11.8. The zero-order chi connectivity index (χ0) is 21.0. The number of alkyl halides is 2. The number of esters is 1. The number of hydrogen-bond donors (Lipinski definition) is 0. The van der Waals surface area contributed by atoms with Gasteiger partial charge in [-0.15, -0.1) is 0 Å². The van der Waals surface area contributed by atoms with Crippen LogP contribution in [0.2, 0.25) is 10.0 Å².